The predicted molar refractivity (Wildman–Crippen MR) is 134 cm³/mol. The number of hydrogen-bond acceptors (Lipinski definition) is 5. The first-order valence-corrected chi connectivity index (χ1v) is 12.2. The zero-order chi connectivity index (χ0) is 24.0. The van der Waals surface area contributed by atoms with E-state index >= 15 is 0 Å². The van der Waals surface area contributed by atoms with Crippen LogP contribution >= 0.6 is 27.3 Å². The number of rotatable bonds is 4. The Bertz CT molecular complexity index is 1460. The highest BCUT2D eigenvalue weighted by molar-refractivity contribution is 9.10. The van der Waals surface area contributed by atoms with Crippen molar-refractivity contribution in [2.24, 2.45) is 0 Å². The van der Waals surface area contributed by atoms with E-state index in [1.54, 1.807) is 24.3 Å². The summed E-state index contributed by atoms with van der Waals surface area (Å²) in [6.45, 7) is 2.06. The lowest BCUT2D eigenvalue weighted by atomic mass is 9.95. The molecule has 1 saturated heterocycles. The Labute approximate surface area is 207 Å². The van der Waals surface area contributed by atoms with Gasteiger partial charge in [0.2, 0.25) is 0 Å². The Hall–Kier alpha value is -3.36. The molecule has 34 heavy (non-hydrogen) atoms. The molecule has 0 saturated carbocycles. The van der Waals surface area contributed by atoms with E-state index in [1.165, 1.54) is 40.5 Å². The number of thiazole rings is 1. The number of carbonyl (C=O) groups excluding carboxylic acids is 2. The maximum atomic E-state index is 13.4. The quantitative estimate of drug-likeness (QED) is 0.186. The van der Waals surface area contributed by atoms with Gasteiger partial charge in [0.1, 0.15) is 11.6 Å². The van der Waals surface area contributed by atoms with Gasteiger partial charge in [-0.25, -0.2) is 9.37 Å². The number of fused-ring (bicyclic) bond motifs is 1. The van der Waals surface area contributed by atoms with Gasteiger partial charge in [0.05, 0.1) is 21.8 Å². The van der Waals surface area contributed by atoms with Crippen molar-refractivity contribution in [3.05, 3.63) is 99.3 Å². The number of nitrogens with zero attached hydrogens (tertiary/aromatic N) is 2. The fraction of sp³-hybridized carbons (Fsp3) is 0.115. The number of aliphatic hydroxyl groups excluding tert-OH is 1. The summed E-state index contributed by atoms with van der Waals surface area (Å²) in [6.07, 6.45) is 0.865. The van der Waals surface area contributed by atoms with Crippen LogP contribution < -0.4 is 4.90 Å². The van der Waals surface area contributed by atoms with Gasteiger partial charge in [-0.3, -0.25) is 14.5 Å². The van der Waals surface area contributed by atoms with E-state index in [2.05, 4.69) is 27.8 Å². The molecule has 170 valence electrons. The Morgan fingerprint density at radius 3 is 2.47 bits per heavy atom. The predicted octanol–water partition coefficient (Wildman–Crippen LogP) is 6.39. The summed E-state index contributed by atoms with van der Waals surface area (Å²) < 4.78 is 15.2. The van der Waals surface area contributed by atoms with Gasteiger partial charge in [0.15, 0.2) is 5.13 Å². The smallest absolute Gasteiger partial charge is 0.301 e. The van der Waals surface area contributed by atoms with Gasteiger partial charge in [0, 0.05) is 10.0 Å². The average Bonchev–Trinajstić information content (AvgIpc) is 3.37. The molecular weight excluding hydrogens is 519 g/mol. The molecule has 0 aliphatic carbocycles. The van der Waals surface area contributed by atoms with E-state index in [-0.39, 0.29) is 16.9 Å². The molecule has 2 heterocycles. The standard InChI is InChI=1S/C26H18BrFN2O3S/c1-2-14-3-12-19-20(13-14)34-26(29-19)30-22(15-4-8-17(27)9-5-15)21(24(32)25(30)33)23(31)16-6-10-18(28)11-7-16/h3-13,22,31H,2H2,1H3/b23-21+/t22-/m1/s1. The monoisotopic (exact) mass is 536 g/mol. The fourth-order valence-electron chi connectivity index (χ4n) is 4.03. The zero-order valence-electron chi connectivity index (χ0n) is 18.0. The average molecular weight is 537 g/mol. The number of aliphatic hydroxyl groups is 1. The van der Waals surface area contributed by atoms with E-state index < -0.39 is 23.5 Å². The van der Waals surface area contributed by atoms with Crippen molar-refractivity contribution < 1.29 is 19.1 Å². The van der Waals surface area contributed by atoms with Crippen LogP contribution in [0.2, 0.25) is 0 Å². The van der Waals surface area contributed by atoms with Crippen LogP contribution in [0.1, 0.15) is 29.7 Å². The lowest BCUT2D eigenvalue weighted by molar-refractivity contribution is -0.132. The third-order valence-corrected chi connectivity index (χ3v) is 7.35. The Morgan fingerprint density at radius 1 is 1.09 bits per heavy atom. The van der Waals surface area contributed by atoms with E-state index in [1.807, 2.05) is 18.2 Å². The normalized spacial score (nSPS) is 17.6. The summed E-state index contributed by atoms with van der Waals surface area (Å²) in [6, 6.07) is 17.3. The number of hydrogen-bond donors (Lipinski definition) is 1. The first-order chi connectivity index (χ1) is 16.4. The molecule has 5 rings (SSSR count). The van der Waals surface area contributed by atoms with Crippen LogP contribution in [0.15, 0.2) is 76.8 Å². The van der Waals surface area contributed by atoms with Crippen molar-refractivity contribution in [3.8, 4) is 0 Å². The van der Waals surface area contributed by atoms with Crippen LogP contribution in [0.25, 0.3) is 16.0 Å². The van der Waals surface area contributed by atoms with Crippen LogP contribution in [0.5, 0.6) is 0 Å². The highest BCUT2D eigenvalue weighted by Gasteiger charge is 2.48. The van der Waals surface area contributed by atoms with Crippen molar-refractivity contribution in [1.82, 2.24) is 4.98 Å². The topological polar surface area (TPSA) is 70.5 Å². The second kappa shape index (κ2) is 8.77. The third kappa shape index (κ3) is 3.82. The molecule has 1 aliphatic rings. The summed E-state index contributed by atoms with van der Waals surface area (Å²) in [5, 5.41) is 11.5. The molecule has 0 radical (unpaired) electrons. The number of aromatic nitrogens is 1. The van der Waals surface area contributed by atoms with Crippen molar-refractivity contribution in [2.75, 3.05) is 4.90 Å². The number of aryl methyl sites for hydroxylation is 1. The van der Waals surface area contributed by atoms with Crippen molar-refractivity contribution in [1.29, 1.82) is 0 Å². The van der Waals surface area contributed by atoms with Crippen LogP contribution in [0.3, 0.4) is 0 Å². The zero-order valence-corrected chi connectivity index (χ0v) is 20.4. The number of Topliss-reactive ketones (excluding diaryl/α,β-unsaturated/α-hetero) is 1. The first-order valence-electron chi connectivity index (χ1n) is 10.6. The third-order valence-electron chi connectivity index (χ3n) is 5.80. The largest absolute Gasteiger partial charge is 0.507 e. The molecule has 3 aromatic carbocycles. The molecule has 5 nitrogen and oxygen atoms in total. The molecule has 0 spiro atoms. The number of anilines is 1. The van der Waals surface area contributed by atoms with E-state index in [0.717, 1.165) is 26.7 Å². The number of carbonyl (C=O) groups is 2. The van der Waals surface area contributed by atoms with Gasteiger partial charge in [-0.05, 0) is 66.1 Å². The molecule has 0 unspecified atom stereocenters. The molecule has 1 aliphatic heterocycles. The van der Waals surface area contributed by atoms with E-state index in [4.69, 9.17) is 0 Å². The first kappa shape index (κ1) is 22.4. The van der Waals surface area contributed by atoms with Gasteiger partial charge >= 0.3 is 5.91 Å². The SMILES string of the molecule is CCc1ccc2nc(N3C(=O)C(=O)/C(=C(/O)c4ccc(F)cc4)[C@H]3c3ccc(Br)cc3)sc2c1. The molecule has 1 atom stereocenters. The molecule has 1 aromatic heterocycles. The van der Waals surface area contributed by atoms with E-state index in [9.17, 15) is 19.1 Å². The molecule has 1 amide bonds. The van der Waals surface area contributed by atoms with Crippen LogP contribution in [-0.2, 0) is 16.0 Å². The van der Waals surface area contributed by atoms with Crippen LogP contribution in [-0.4, -0.2) is 21.8 Å². The summed E-state index contributed by atoms with van der Waals surface area (Å²) in [5.41, 5.74) is 2.70. The van der Waals surface area contributed by atoms with Gasteiger partial charge in [-0.2, -0.15) is 0 Å². The number of amides is 1. The van der Waals surface area contributed by atoms with Gasteiger partial charge in [-0.1, -0.05) is 52.4 Å². The minimum atomic E-state index is -0.885. The maximum Gasteiger partial charge on any atom is 0.301 e. The van der Waals surface area contributed by atoms with Crippen molar-refractivity contribution >= 4 is 60.1 Å². The Morgan fingerprint density at radius 2 is 1.79 bits per heavy atom. The fourth-order valence-corrected chi connectivity index (χ4v) is 5.35. The minimum absolute atomic E-state index is 0.0626. The summed E-state index contributed by atoms with van der Waals surface area (Å²) in [7, 11) is 0. The minimum Gasteiger partial charge on any atom is -0.507 e. The second-order valence-corrected chi connectivity index (χ2v) is 9.80. The molecule has 1 fully saturated rings. The summed E-state index contributed by atoms with van der Waals surface area (Å²) >= 11 is 4.73. The van der Waals surface area contributed by atoms with Crippen LogP contribution in [0.4, 0.5) is 9.52 Å². The number of ketones is 1. The Balaban J connectivity index is 1.71. The molecule has 4 aromatic rings. The van der Waals surface area contributed by atoms with Gasteiger partial charge < -0.3 is 5.11 Å². The van der Waals surface area contributed by atoms with E-state index in [0.29, 0.717) is 10.7 Å². The highest BCUT2D eigenvalue weighted by Crippen LogP contribution is 2.44. The number of benzene rings is 3. The second-order valence-electron chi connectivity index (χ2n) is 7.88. The van der Waals surface area contributed by atoms with Gasteiger partial charge in [-0.15, -0.1) is 0 Å². The van der Waals surface area contributed by atoms with Crippen molar-refractivity contribution in [2.45, 2.75) is 19.4 Å². The highest BCUT2D eigenvalue weighted by atomic mass is 79.9. The van der Waals surface area contributed by atoms with Crippen LogP contribution in [0, 0.1) is 5.82 Å². The summed E-state index contributed by atoms with van der Waals surface area (Å²) in [5.74, 6) is -2.42. The maximum absolute atomic E-state index is 13.4. The molecule has 8 heteroatoms. The number of halogens is 2. The van der Waals surface area contributed by atoms with Crippen molar-refractivity contribution in [3.63, 3.8) is 0 Å². The molecular formula is C26H18BrFN2O3S. The lowest BCUT2D eigenvalue weighted by Crippen LogP contribution is -2.29. The Kier molecular flexibility index (Phi) is 5.79. The summed E-state index contributed by atoms with van der Waals surface area (Å²) in [4.78, 5) is 32.5. The van der Waals surface area contributed by atoms with Gasteiger partial charge in [0.25, 0.3) is 5.78 Å². The molecule has 0 bridgehead atoms. The lowest BCUT2D eigenvalue weighted by Gasteiger charge is -2.23. The molecule has 1 N–H and O–H groups in total.